The van der Waals surface area contributed by atoms with Crippen LogP contribution in [-0.2, 0) is 6.42 Å². The molecule has 2 N–H and O–H groups in total. The number of aromatic amines is 1. The second-order valence-electron chi connectivity index (χ2n) is 7.78. The summed E-state index contributed by atoms with van der Waals surface area (Å²) in [5.41, 5.74) is 2.78. The molecule has 1 saturated heterocycles. The van der Waals surface area contributed by atoms with Gasteiger partial charge in [0.15, 0.2) is 5.78 Å². The Morgan fingerprint density at radius 2 is 1.90 bits per heavy atom. The molecule has 0 spiro atoms. The first-order valence-electron chi connectivity index (χ1n) is 10.0. The monoisotopic (exact) mass is 397 g/mol. The number of piperidine rings is 1. The Morgan fingerprint density at radius 1 is 1.17 bits per heavy atom. The number of carbonyl (C=O) groups is 3. The predicted octanol–water partition coefficient (Wildman–Crippen LogP) is 3.02. The smallest absolute Gasteiger partial charge is 0.268 e. The summed E-state index contributed by atoms with van der Waals surface area (Å²) in [6.45, 7) is 2.72. The molecule has 6 nitrogen and oxygen atoms in total. The van der Waals surface area contributed by atoms with Crippen molar-refractivity contribution in [3.63, 3.8) is 0 Å². The zero-order valence-electron chi connectivity index (χ0n) is 16.4. The lowest BCUT2D eigenvalue weighted by atomic mass is 9.93. The predicted molar refractivity (Wildman–Crippen MR) is 106 cm³/mol. The fraction of sp³-hybridized carbons (Fsp3) is 0.409. The summed E-state index contributed by atoms with van der Waals surface area (Å²) in [7, 11) is 0. The minimum Gasteiger partial charge on any atom is -0.354 e. The molecule has 1 aromatic carbocycles. The molecule has 1 aliphatic carbocycles. The molecule has 1 aliphatic heterocycles. The Hall–Kier alpha value is -2.96. The van der Waals surface area contributed by atoms with Crippen LogP contribution in [0.3, 0.4) is 0 Å². The number of ketones is 1. The van der Waals surface area contributed by atoms with Crippen LogP contribution in [-0.4, -0.2) is 46.6 Å². The van der Waals surface area contributed by atoms with E-state index in [0.29, 0.717) is 43.6 Å². The first kappa shape index (κ1) is 19.4. The van der Waals surface area contributed by atoms with E-state index in [1.807, 2.05) is 6.92 Å². The van der Waals surface area contributed by atoms with E-state index < -0.39 is 5.82 Å². The number of rotatable bonds is 3. The van der Waals surface area contributed by atoms with E-state index in [0.717, 1.165) is 24.1 Å². The Balaban J connectivity index is 1.38. The molecule has 2 heterocycles. The largest absolute Gasteiger partial charge is 0.354 e. The number of benzene rings is 1. The normalized spacial score (nSPS) is 17.2. The molecule has 0 unspecified atom stereocenters. The third kappa shape index (κ3) is 3.69. The summed E-state index contributed by atoms with van der Waals surface area (Å²) < 4.78 is 13.9. The number of carbonyl (C=O) groups excluding carboxylic acids is 3. The maximum atomic E-state index is 13.9. The number of hydrogen-bond acceptors (Lipinski definition) is 3. The fourth-order valence-electron chi connectivity index (χ4n) is 4.29. The summed E-state index contributed by atoms with van der Waals surface area (Å²) in [5.74, 6) is -0.962. The standard InChI is InChI=1S/C22H24FN3O3/c1-13-19-17(7-4-8-18(19)27)25-20(13)21(28)24-14-9-11-26(12-10-14)22(29)15-5-2-3-6-16(15)23/h2-3,5-6,14,25H,4,7-12H2,1H3,(H,24,28). The van der Waals surface area contributed by atoms with Crippen molar-refractivity contribution in [1.29, 1.82) is 0 Å². The van der Waals surface area contributed by atoms with Crippen molar-refractivity contribution in [3.8, 4) is 0 Å². The minimum atomic E-state index is -0.520. The van der Waals surface area contributed by atoms with Crippen molar-refractivity contribution >= 4 is 17.6 Å². The highest BCUT2D eigenvalue weighted by Crippen LogP contribution is 2.26. The zero-order chi connectivity index (χ0) is 20.5. The summed E-state index contributed by atoms with van der Waals surface area (Å²) in [6, 6.07) is 5.91. The van der Waals surface area contributed by atoms with Gasteiger partial charge in [0.05, 0.1) is 5.56 Å². The summed E-state index contributed by atoms with van der Waals surface area (Å²) in [4.78, 5) is 42.2. The Labute approximate surface area is 168 Å². The number of H-pyrrole nitrogens is 1. The topological polar surface area (TPSA) is 82.3 Å². The molecule has 1 aromatic heterocycles. The Bertz CT molecular complexity index is 974. The van der Waals surface area contributed by atoms with Crippen molar-refractivity contribution in [2.75, 3.05) is 13.1 Å². The molecule has 29 heavy (non-hydrogen) atoms. The minimum absolute atomic E-state index is 0.0670. The van der Waals surface area contributed by atoms with Gasteiger partial charge < -0.3 is 15.2 Å². The first-order chi connectivity index (χ1) is 14.0. The van der Waals surface area contributed by atoms with E-state index in [1.165, 1.54) is 12.1 Å². The van der Waals surface area contributed by atoms with Gasteiger partial charge in [0.1, 0.15) is 11.5 Å². The maximum Gasteiger partial charge on any atom is 0.268 e. The average molecular weight is 397 g/mol. The Kier molecular flexibility index (Phi) is 5.22. The number of halogens is 1. The molecule has 0 bridgehead atoms. The van der Waals surface area contributed by atoms with Crippen LogP contribution in [0.5, 0.6) is 0 Å². The van der Waals surface area contributed by atoms with Gasteiger partial charge in [-0.05, 0) is 50.3 Å². The van der Waals surface area contributed by atoms with E-state index in [1.54, 1.807) is 17.0 Å². The SMILES string of the molecule is Cc1c(C(=O)NC2CCN(C(=O)c3ccccc3F)CC2)[nH]c2c1C(=O)CCC2. The number of fused-ring (bicyclic) bond motifs is 1. The fourth-order valence-corrected chi connectivity index (χ4v) is 4.29. The summed E-state index contributed by atoms with van der Waals surface area (Å²) in [6.07, 6.45) is 3.32. The zero-order valence-corrected chi connectivity index (χ0v) is 16.4. The third-order valence-electron chi connectivity index (χ3n) is 5.89. The lowest BCUT2D eigenvalue weighted by Gasteiger charge is -2.32. The van der Waals surface area contributed by atoms with E-state index in [9.17, 15) is 18.8 Å². The van der Waals surface area contributed by atoms with Crippen molar-refractivity contribution in [3.05, 3.63) is 58.2 Å². The van der Waals surface area contributed by atoms with Gasteiger partial charge in [-0.3, -0.25) is 14.4 Å². The van der Waals surface area contributed by atoms with E-state index >= 15 is 0 Å². The number of Topliss-reactive ketones (excluding diaryl/α,β-unsaturated/α-hetero) is 1. The van der Waals surface area contributed by atoms with Gasteiger partial charge in [0.2, 0.25) is 0 Å². The highest BCUT2D eigenvalue weighted by atomic mass is 19.1. The van der Waals surface area contributed by atoms with Gasteiger partial charge in [-0.25, -0.2) is 4.39 Å². The van der Waals surface area contributed by atoms with Crippen LogP contribution in [0.4, 0.5) is 4.39 Å². The van der Waals surface area contributed by atoms with E-state index in [-0.39, 0.29) is 29.2 Å². The molecule has 4 rings (SSSR count). The molecule has 2 aliphatic rings. The highest BCUT2D eigenvalue weighted by molar-refractivity contribution is 6.04. The number of aryl methyl sites for hydroxylation is 1. The maximum absolute atomic E-state index is 13.9. The van der Waals surface area contributed by atoms with Crippen LogP contribution in [0, 0.1) is 12.7 Å². The van der Waals surface area contributed by atoms with Crippen LogP contribution in [0.15, 0.2) is 24.3 Å². The lowest BCUT2D eigenvalue weighted by molar-refractivity contribution is 0.0693. The number of aromatic nitrogens is 1. The van der Waals surface area contributed by atoms with Crippen molar-refractivity contribution in [2.24, 2.45) is 0 Å². The third-order valence-corrected chi connectivity index (χ3v) is 5.89. The van der Waals surface area contributed by atoms with E-state index in [2.05, 4.69) is 10.3 Å². The van der Waals surface area contributed by atoms with Crippen LogP contribution in [0.2, 0.25) is 0 Å². The molecule has 7 heteroatoms. The molecule has 0 saturated carbocycles. The summed E-state index contributed by atoms with van der Waals surface area (Å²) >= 11 is 0. The number of likely N-dealkylation sites (tertiary alicyclic amines) is 1. The average Bonchev–Trinajstić information content (AvgIpc) is 3.06. The molecule has 152 valence electrons. The van der Waals surface area contributed by atoms with Crippen LogP contribution < -0.4 is 5.32 Å². The van der Waals surface area contributed by atoms with Gasteiger partial charge >= 0.3 is 0 Å². The van der Waals surface area contributed by atoms with Crippen LogP contribution in [0.1, 0.15) is 68.1 Å². The molecular formula is C22H24FN3O3. The lowest BCUT2D eigenvalue weighted by Crippen LogP contribution is -2.46. The molecular weight excluding hydrogens is 373 g/mol. The number of amides is 2. The van der Waals surface area contributed by atoms with Gasteiger partial charge in [-0.2, -0.15) is 0 Å². The number of nitrogens with zero attached hydrogens (tertiary/aromatic N) is 1. The van der Waals surface area contributed by atoms with Gasteiger partial charge in [0.25, 0.3) is 11.8 Å². The molecule has 1 fully saturated rings. The van der Waals surface area contributed by atoms with Crippen LogP contribution in [0.25, 0.3) is 0 Å². The molecule has 2 amide bonds. The van der Waals surface area contributed by atoms with Crippen molar-refractivity contribution < 1.29 is 18.8 Å². The second kappa shape index (κ2) is 7.81. The highest BCUT2D eigenvalue weighted by Gasteiger charge is 2.29. The van der Waals surface area contributed by atoms with Crippen LogP contribution >= 0.6 is 0 Å². The second-order valence-corrected chi connectivity index (χ2v) is 7.78. The molecule has 0 atom stereocenters. The number of nitrogens with one attached hydrogen (secondary N) is 2. The first-order valence-corrected chi connectivity index (χ1v) is 10.0. The Morgan fingerprint density at radius 3 is 2.59 bits per heavy atom. The molecule has 0 radical (unpaired) electrons. The number of hydrogen-bond donors (Lipinski definition) is 2. The van der Waals surface area contributed by atoms with Gasteiger partial charge in [0, 0.05) is 36.8 Å². The quantitative estimate of drug-likeness (QED) is 0.835. The van der Waals surface area contributed by atoms with Crippen molar-refractivity contribution in [2.45, 2.75) is 45.1 Å². The van der Waals surface area contributed by atoms with Gasteiger partial charge in [-0.15, -0.1) is 0 Å². The summed E-state index contributed by atoms with van der Waals surface area (Å²) in [5, 5.41) is 3.02. The van der Waals surface area contributed by atoms with Crippen molar-refractivity contribution in [1.82, 2.24) is 15.2 Å². The molecule has 2 aromatic rings. The van der Waals surface area contributed by atoms with Gasteiger partial charge in [-0.1, -0.05) is 12.1 Å². The van der Waals surface area contributed by atoms with E-state index in [4.69, 9.17) is 0 Å².